The topological polar surface area (TPSA) is 54.6 Å². The van der Waals surface area contributed by atoms with Crippen LogP contribution in [0, 0.1) is 6.92 Å². The van der Waals surface area contributed by atoms with Crippen molar-refractivity contribution >= 4 is 28.4 Å². The molecule has 0 fully saturated rings. The molecular formula is C28H27ClN2O3. The van der Waals surface area contributed by atoms with E-state index < -0.39 is 0 Å². The highest BCUT2D eigenvalue weighted by atomic mass is 35.5. The van der Waals surface area contributed by atoms with Gasteiger partial charge in [-0.2, -0.15) is 0 Å². The SMILES string of the molecule is Cc1c(C(=O)N2CCOCCOc3ccccc3Cc3cccc(c3)C2)[nH]c2c(Cl)cccc12. The van der Waals surface area contributed by atoms with Gasteiger partial charge in [-0.3, -0.25) is 4.79 Å². The monoisotopic (exact) mass is 474 g/mol. The molecule has 1 aliphatic rings. The van der Waals surface area contributed by atoms with E-state index in [1.165, 1.54) is 5.56 Å². The van der Waals surface area contributed by atoms with Gasteiger partial charge in [0.15, 0.2) is 0 Å². The van der Waals surface area contributed by atoms with E-state index in [-0.39, 0.29) is 5.91 Å². The van der Waals surface area contributed by atoms with E-state index in [2.05, 4.69) is 29.2 Å². The molecule has 5 rings (SSSR count). The molecule has 1 aromatic heterocycles. The van der Waals surface area contributed by atoms with Crippen LogP contribution in [0.25, 0.3) is 10.9 Å². The van der Waals surface area contributed by atoms with Gasteiger partial charge in [0.05, 0.1) is 23.8 Å². The number of halogens is 1. The van der Waals surface area contributed by atoms with Gasteiger partial charge in [-0.1, -0.05) is 66.2 Å². The lowest BCUT2D eigenvalue weighted by Crippen LogP contribution is -2.34. The Bertz CT molecular complexity index is 1330. The first kappa shape index (κ1) is 22.5. The van der Waals surface area contributed by atoms with Gasteiger partial charge in [0.25, 0.3) is 5.91 Å². The number of para-hydroxylation sites is 2. The van der Waals surface area contributed by atoms with E-state index >= 15 is 0 Å². The predicted octanol–water partition coefficient (Wildman–Crippen LogP) is 5.77. The van der Waals surface area contributed by atoms with Crippen LogP contribution >= 0.6 is 11.6 Å². The molecule has 34 heavy (non-hydrogen) atoms. The van der Waals surface area contributed by atoms with Gasteiger partial charge >= 0.3 is 0 Å². The highest BCUT2D eigenvalue weighted by Gasteiger charge is 2.22. The lowest BCUT2D eigenvalue weighted by Gasteiger charge is -2.23. The third kappa shape index (κ3) is 4.67. The van der Waals surface area contributed by atoms with E-state index in [4.69, 9.17) is 21.1 Å². The second-order valence-corrected chi connectivity index (χ2v) is 8.99. The Hall–Kier alpha value is -3.28. The smallest absolute Gasteiger partial charge is 0.270 e. The zero-order valence-electron chi connectivity index (χ0n) is 19.1. The van der Waals surface area contributed by atoms with Crippen molar-refractivity contribution in [3.8, 4) is 5.75 Å². The fourth-order valence-corrected chi connectivity index (χ4v) is 4.72. The number of nitrogens with zero attached hydrogens (tertiary/aromatic N) is 1. The molecule has 0 radical (unpaired) electrons. The summed E-state index contributed by atoms with van der Waals surface area (Å²) in [6.45, 7) is 4.28. The molecule has 2 heterocycles. The molecule has 1 N–H and O–H groups in total. The number of benzene rings is 3. The normalized spacial score (nSPS) is 14.8. The largest absolute Gasteiger partial charge is 0.491 e. The third-order valence-electron chi connectivity index (χ3n) is 6.27. The quantitative estimate of drug-likeness (QED) is 0.381. The van der Waals surface area contributed by atoms with Crippen LogP contribution in [0.15, 0.2) is 66.7 Å². The fourth-order valence-electron chi connectivity index (χ4n) is 4.50. The van der Waals surface area contributed by atoms with Crippen molar-refractivity contribution in [2.24, 2.45) is 0 Å². The predicted molar refractivity (Wildman–Crippen MR) is 135 cm³/mol. The first-order valence-corrected chi connectivity index (χ1v) is 11.9. The van der Waals surface area contributed by atoms with E-state index in [1.54, 1.807) is 0 Å². The van der Waals surface area contributed by atoms with Crippen molar-refractivity contribution in [3.05, 3.63) is 99.7 Å². The number of rotatable bonds is 1. The first-order chi connectivity index (χ1) is 16.6. The summed E-state index contributed by atoms with van der Waals surface area (Å²) < 4.78 is 11.8. The summed E-state index contributed by atoms with van der Waals surface area (Å²) in [5.41, 5.74) is 5.66. The van der Waals surface area contributed by atoms with Crippen LogP contribution < -0.4 is 4.74 Å². The Kier molecular flexibility index (Phi) is 6.57. The van der Waals surface area contributed by atoms with Crippen LogP contribution in [0.2, 0.25) is 5.02 Å². The van der Waals surface area contributed by atoms with E-state index in [0.29, 0.717) is 43.6 Å². The van der Waals surface area contributed by atoms with Gasteiger partial charge in [0.2, 0.25) is 0 Å². The Balaban J connectivity index is 1.47. The first-order valence-electron chi connectivity index (χ1n) is 11.5. The number of ether oxygens (including phenoxy) is 2. The van der Waals surface area contributed by atoms with Crippen LogP contribution in [-0.2, 0) is 17.7 Å². The van der Waals surface area contributed by atoms with Crippen LogP contribution in [0.4, 0.5) is 0 Å². The minimum Gasteiger partial charge on any atom is -0.491 e. The zero-order valence-corrected chi connectivity index (χ0v) is 19.9. The Morgan fingerprint density at radius 2 is 1.79 bits per heavy atom. The Morgan fingerprint density at radius 1 is 0.971 bits per heavy atom. The number of fused-ring (bicyclic) bond motifs is 4. The van der Waals surface area contributed by atoms with Crippen LogP contribution in [-0.4, -0.2) is 42.2 Å². The summed E-state index contributed by atoms with van der Waals surface area (Å²) in [5, 5.41) is 1.57. The van der Waals surface area contributed by atoms with Gasteiger partial charge in [0.1, 0.15) is 18.1 Å². The fraction of sp³-hybridized carbons (Fsp3) is 0.250. The number of aromatic amines is 1. The average Bonchev–Trinajstić information content (AvgIpc) is 3.18. The molecule has 0 aliphatic carbocycles. The molecule has 3 aromatic carbocycles. The van der Waals surface area contributed by atoms with E-state index in [1.807, 2.05) is 54.3 Å². The number of carbonyl (C=O) groups is 1. The number of hydrogen-bond donors (Lipinski definition) is 1. The second kappa shape index (κ2) is 9.92. The van der Waals surface area contributed by atoms with Gasteiger partial charge in [-0.15, -0.1) is 0 Å². The molecule has 5 nitrogen and oxygen atoms in total. The summed E-state index contributed by atoms with van der Waals surface area (Å²) in [6.07, 6.45) is 0.762. The Morgan fingerprint density at radius 3 is 2.68 bits per heavy atom. The maximum atomic E-state index is 13.7. The third-order valence-corrected chi connectivity index (χ3v) is 6.58. The van der Waals surface area contributed by atoms with Gasteiger partial charge < -0.3 is 19.4 Å². The van der Waals surface area contributed by atoms with Crippen molar-refractivity contribution in [1.29, 1.82) is 0 Å². The minimum absolute atomic E-state index is 0.0625. The summed E-state index contributed by atoms with van der Waals surface area (Å²) >= 11 is 6.38. The molecule has 1 amide bonds. The zero-order chi connectivity index (χ0) is 23.5. The van der Waals surface area contributed by atoms with Crippen molar-refractivity contribution in [2.45, 2.75) is 19.9 Å². The highest BCUT2D eigenvalue weighted by molar-refractivity contribution is 6.35. The van der Waals surface area contributed by atoms with Crippen molar-refractivity contribution in [1.82, 2.24) is 9.88 Å². The molecule has 2 bridgehead atoms. The maximum Gasteiger partial charge on any atom is 0.270 e. The molecule has 0 saturated heterocycles. The van der Waals surface area contributed by atoms with Crippen molar-refractivity contribution in [2.75, 3.05) is 26.4 Å². The summed E-state index contributed by atoms with van der Waals surface area (Å²) in [5.74, 6) is 0.825. The molecule has 0 atom stereocenters. The molecule has 174 valence electrons. The van der Waals surface area contributed by atoms with Gasteiger partial charge in [0, 0.05) is 24.9 Å². The number of amides is 1. The van der Waals surface area contributed by atoms with Crippen LogP contribution in [0.5, 0.6) is 5.75 Å². The standard InChI is InChI=1S/C28H27ClN2O3/c1-19-23-9-5-10-24(29)27(23)30-26(19)28(32)31-12-13-33-14-15-34-25-11-3-2-8-22(25)17-20-6-4-7-21(16-20)18-31/h2-11,16,30H,12-15,17-18H2,1H3. The molecule has 0 saturated carbocycles. The number of carbonyl (C=O) groups excluding carboxylic acids is 1. The highest BCUT2D eigenvalue weighted by Crippen LogP contribution is 2.29. The molecule has 4 aromatic rings. The molecule has 0 spiro atoms. The lowest BCUT2D eigenvalue weighted by molar-refractivity contribution is 0.0567. The number of nitrogens with one attached hydrogen (secondary N) is 1. The van der Waals surface area contributed by atoms with Crippen molar-refractivity contribution < 1.29 is 14.3 Å². The number of hydrogen-bond acceptors (Lipinski definition) is 3. The average molecular weight is 475 g/mol. The molecule has 6 heteroatoms. The van der Waals surface area contributed by atoms with E-state index in [9.17, 15) is 4.79 Å². The van der Waals surface area contributed by atoms with Gasteiger partial charge in [-0.25, -0.2) is 0 Å². The molecule has 1 aliphatic heterocycles. The summed E-state index contributed by atoms with van der Waals surface area (Å²) in [4.78, 5) is 18.8. The second-order valence-electron chi connectivity index (χ2n) is 8.58. The summed E-state index contributed by atoms with van der Waals surface area (Å²) in [6, 6.07) is 22.2. The lowest BCUT2D eigenvalue weighted by atomic mass is 10.0. The number of aryl methyl sites for hydroxylation is 1. The van der Waals surface area contributed by atoms with Crippen LogP contribution in [0.1, 0.15) is 32.7 Å². The van der Waals surface area contributed by atoms with E-state index in [0.717, 1.165) is 39.8 Å². The summed E-state index contributed by atoms with van der Waals surface area (Å²) in [7, 11) is 0. The molecular weight excluding hydrogens is 448 g/mol. The molecule has 0 unspecified atom stereocenters. The van der Waals surface area contributed by atoms with Crippen LogP contribution in [0.3, 0.4) is 0 Å². The minimum atomic E-state index is -0.0625. The number of H-pyrrole nitrogens is 1. The maximum absolute atomic E-state index is 13.7. The number of aromatic nitrogens is 1. The Labute approximate surface area is 204 Å². The van der Waals surface area contributed by atoms with Crippen molar-refractivity contribution in [3.63, 3.8) is 0 Å². The van der Waals surface area contributed by atoms with Gasteiger partial charge in [-0.05, 0) is 41.3 Å².